The summed E-state index contributed by atoms with van der Waals surface area (Å²) in [5.41, 5.74) is 0. The highest BCUT2D eigenvalue weighted by molar-refractivity contribution is 5.95. The van der Waals surface area contributed by atoms with Crippen molar-refractivity contribution in [2.45, 2.75) is 13.3 Å². The molecule has 2 N–H and O–H groups in total. The number of rotatable bonds is 6. The van der Waals surface area contributed by atoms with Crippen molar-refractivity contribution in [3.63, 3.8) is 0 Å². The van der Waals surface area contributed by atoms with Crippen molar-refractivity contribution in [2.24, 2.45) is 0 Å². The molecule has 0 radical (unpaired) electrons. The fourth-order valence-electron chi connectivity index (χ4n) is 1.03. The summed E-state index contributed by atoms with van der Waals surface area (Å²) in [6.45, 7) is 2.37. The van der Waals surface area contributed by atoms with Crippen molar-refractivity contribution >= 4 is 17.9 Å². The van der Waals surface area contributed by atoms with Gasteiger partial charge in [-0.3, -0.25) is 19.8 Å². The molecule has 0 aromatic rings. The molecule has 0 aliphatic rings. The van der Waals surface area contributed by atoms with Crippen LogP contribution < -0.4 is 10.6 Å². The molecule has 0 aromatic carbocycles. The molecule has 98 valence electrons. The van der Waals surface area contributed by atoms with Gasteiger partial charge in [0.25, 0.3) is 0 Å². The van der Waals surface area contributed by atoms with E-state index in [9.17, 15) is 14.4 Å². The number of hydrogen-bond acceptors (Lipinski definition) is 5. The van der Waals surface area contributed by atoms with E-state index in [1.165, 1.54) is 12.0 Å². The monoisotopic (exact) mass is 245 g/mol. The molecule has 0 aromatic heterocycles. The summed E-state index contributed by atoms with van der Waals surface area (Å²) in [5, 5.41) is 4.66. The van der Waals surface area contributed by atoms with E-state index in [1.54, 1.807) is 7.05 Å². The Morgan fingerprint density at radius 3 is 2.41 bits per heavy atom. The van der Waals surface area contributed by atoms with E-state index in [-0.39, 0.29) is 13.1 Å². The summed E-state index contributed by atoms with van der Waals surface area (Å²) in [5.74, 6) is -0.902. The number of imide groups is 1. The minimum Gasteiger partial charge on any atom is -0.468 e. The largest absolute Gasteiger partial charge is 0.468 e. The first-order valence-electron chi connectivity index (χ1n) is 5.32. The number of urea groups is 1. The summed E-state index contributed by atoms with van der Waals surface area (Å²) in [6.07, 6.45) is 0.795. The van der Waals surface area contributed by atoms with Crippen LogP contribution in [-0.2, 0) is 14.3 Å². The van der Waals surface area contributed by atoms with Gasteiger partial charge in [-0.15, -0.1) is 0 Å². The quantitative estimate of drug-likeness (QED) is 0.606. The topological polar surface area (TPSA) is 87.7 Å². The Labute approximate surface area is 100 Å². The molecule has 0 rings (SSSR count). The molecule has 17 heavy (non-hydrogen) atoms. The maximum Gasteiger partial charge on any atom is 0.321 e. The molecule has 0 saturated heterocycles. The van der Waals surface area contributed by atoms with Crippen LogP contribution in [0.1, 0.15) is 13.3 Å². The third-order valence-corrected chi connectivity index (χ3v) is 1.83. The number of esters is 1. The van der Waals surface area contributed by atoms with Crippen molar-refractivity contribution < 1.29 is 19.1 Å². The molecular formula is C10H19N3O4. The van der Waals surface area contributed by atoms with Crippen LogP contribution in [-0.4, -0.2) is 56.6 Å². The van der Waals surface area contributed by atoms with Crippen LogP contribution in [0.25, 0.3) is 0 Å². The number of amides is 3. The summed E-state index contributed by atoms with van der Waals surface area (Å²) >= 11 is 0. The predicted octanol–water partition coefficient (Wildman–Crippen LogP) is -0.673. The zero-order chi connectivity index (χ0) is 13.3. The van der Waals surface area contributed by atoms with E-state index in [0.29, 0.717) is 6.54 Å². The zero-order valence-corrected chi connectivity index (χ0v) is 10.4. The third-order valence-electron chi connectivity index (χ3n) is 1.83. The normalized spacial score (nSPS) is 9.88. The maximum absolute atomic E-state index is 11.3. The fourth-order valence-corrected chi connectivity index (χ4v) is 1.03. The van der Waals surface area contributed by atoms with Crippen molar-refractivity contribution in [3.8, 4) is 0 Å². The van der Waals surface area contributed by atoms with Gasteiger partial charge in [-0.1, -0.05) is 6.92 Å². The summed E-state index contributed by atoms with van der Waals surface area (Å²) in [4.78, 5) is 34.8. The average molecular weight is 245 g/mol. The van der Waals surface area contributed by atoms with Crippen LogP contribution in [0.3, 0.4) is 0 Å². The number of carbonyl (C=O) groups is 3. The van der Waals surface area contributed by atoms with Gasteiger partial charge in [0.2, 0.25) is 5.91 Å². The van der Waals surface area contributed by atoms with Gasteiger partial charge in [0.15, 0.2) is 0 Å². The maximum atomic E-state index is 11.3. The first-order chi connectivity index (χ1) is 7.99. The van der Waals surface area contributed by atoms with Gasteiger partial charge >= 0.3 is 12.0 Å². The van der Waals surface area contributed by atoms with E-state index < -0.39 is 17.9 Å². The van der Waals surface area contributed by atoms with Gasteiger partial charge in [-0.2, -0.15) is 0 Å². The van der Waals surface area contributed by atoms with E-state index in [0.717, 1.165) is 6.42 Å². The first-order valence-corrected chi connectivity index (χ1v) is 5.32. The first kappa shape index (κ1) is 15.4. The van der Waals surface area contributed by atoms with E-state index in [4.69, 9.17) is 0 Å². The molecule has 0 atom stereocenters. The number of methoxy groups -OCH3 is 1. The van der Waals surface area contributed by atoms with Crippen LogP contribution in [0.2, 0.25) is 0 Å². The summed E-state index contributed by atoms with van der Waals surface area (Å²) in [7, 11) is 2.86. The summed E-state index contributed by atoms with van der Waals surface area (Å²) in [6, 6.07) is -0.525. The van der Waals surface area contributed by atoms with Gasteiger partial charge in [0.1, 0.15) is 0 Å². The number of nitrogens with zero attached hydrogens (tertiary/aromatic N) is 1. The molecule has 3 amide bonds. The van der Waals surface area contributed by atoms with Gasteiger partial charge in [-0.05, 0) is 13.5 Å². The smallest absolute Gasteiger partial charge is 0.321 e. The highest BCUT2D eigenvalue weighted by atomic mass is 16.5. The van der Waals surface area contributed by atoms with Crippen molar-refractivity contribution in [1.82, 2.24) is 15.5 Å². The molecule has 0 aliphatic carbocycles. The lowest BCUT2D eigenvalue weighted by Crippen LogP contribution is -2.44. The second-order valence-corrected chi connectivity index (χ2v) is 3.55. The van der Waals surface area contributed by atoms with Gasteiger partial charge in [0.05, 0.1) is 20.2 Å². The SMILES string of the molecule is CCCNC(=O)NC(=O)CN(C)CC(=O)OC. The lowest BCUT2D eigenvalue weighted by molar-refractivity contribution is -0.141. The Balaban J connectivity index is 3.84. The second kappa shape index (κ2) is 8.51. The molecule has 7 heteroatoms. The standard InChI is InChI=1S/C10H19N3O4/c1-4-5-11-10(16)12-8(14)6-13(2)7-9(15)17-3/h4-7H2,1-3H3,(H2,11,12,14,16). The van der Waals surface area contributed by atoms with Crippen molar-refractivity contribution in [1.29, 1.82) is 0 Å². The number of nitrogens with one attached hydrogen (secondary N) is 2. The van der Waals surface area contributed by atoms with Crippen molar-refractivity contribution in [2.75, 3.05) is 33.8 Å². The number of ether oxygens (including phenoxy) is 1. The molecule has 0 fully saturated rings. The van der Waals surface area contributed by atoms with Gasteiger partial charge in [-0.25, -0.2) is 4.79 Å². The Morgan fingerprint density at radius 2 is 1.88 bits per heavy atom. The highest BCUT2D eigenvalue weighted by Crippen LogP contribution is 1.84. The highest BCUT2D eigenvalue weighted by Gasteiger charge is 2.12. The van der Waals surface area contributed by atoms with Crippen LogP contribution >= 0.6 is 0 Å². The Kier molecular flexibility index (Phi) is 7.70. The Hall–Kier alpha value is -1.63. The molecule has 0 spiro atoms. The predicted molar refractivity (Wildman–Crippen MR) is 61.3 cm³/mol. The van der Waals surface area contributed by atoms with Gasteiger partial charge < -0.3 is 10.1 Å². The Bertz CT molecular complexity index is 281. The van der Waals surface area contributed by atoms with Crippen LogP contribution in [0, 0.1) is 0 Å². The molecule has 0 saturated carbocycles. The van der Waals surface area contributed by atoms with Gasteiger partial charge in [0, 0.05) is 6.54 Å². The van der Waals surface area contributed by atoms with Crippen LogP contribution in [0.4, 0.5) is 4.79 Å². The lowest BCUT2D eigenvalue weighted by Gasteiger charge is -2.14. The van der Waals surface area contributed by atoms with Crippen molar-refractivity contribution in [3.05, 3.63) is 0 Å². The van der Waals surface area contributed by atoms with Crippen LogP contribution in [0.5, 0.6) is 0 Å². The number of hydrogen-bond donors (Lipinski definition) is 2. The zero-order valence-electron chi connectivity index (χ0n) is 10.4. The van der Waals surface area contributed by atoms with Crippen LogP contribution in [0.15, 0.2) is 0 Å². The van der Waals surface area contributed by atoms with E-state index in [2.05, 4.69) is 15.4 Å². The minimum atomic E-state index is -0.525. The third kappa shape index (κ3) is 8.21. The molecule has 0 heterocycles. The Morgan fingerprint density at radius 1 is 1.24 bits per heavy atom. The average Bonchev–Trinajstić information content (AvgIpc) is 2.25. The summed E-state index contributed by atoms with van der Waals surface area (Å²) < 4.78 is 4.45. The molecule has 0 aliphatic heterocycles. The second-order valence-electron chi connectivity index (χ2n) is 3.55. The molecule has 0 unspecified atom stereocenters. The minimum absolute atomic E-state index is 0.000495. The van der Waals surface area contributed by atoms with E-state index >= 15 is 0 Å². The fraction of sp³-hybridized carbons (Fsp3) is 0.700. The molecule has 7 nitrogen and oxygen atoms in total. The number of likely N-dealkylation sites (N-methyl/N-ethyl adjacent to an activating group) is 1. The molecule has 0 bridgehead atoms. The lowest BCUT2D eigenvalue weighted by atomic mass is 10.4. The number of carbonyl (C=O) groups excluding carboxylic acids is 3. The van der Waals surface area contributed by atoms with E-state index in [1.807, 2.05) is 6.92 Å². The molecular weight excluding hydrogens is 226 g/mol.